The number of amides is 1. The molecular formula is C13H17N3OS. The number of piperidine rings is 1. The summed E-state index contributed by atoms with van der Waals surface area (Å²) in [6.45, 7) is 2.30. The van der Waals surface area contributed by atoms with Gasteiger partial charge in [-0.2, -0.15) is 0 Å². The van der Waals surface area contributed by atoms with Crippen molar-refractivity contribution in [2.75, 3.05) is 24.7 Å². The highest BCUT2D eigenvalue weighted by Gasteiger charge is 2.49. The number of nitrogens with zero attached hydrogens (tertiary/aromatic N) is 2. The van der Waals surface area contributed by atoms with Gasteiger partial charge in [-0.05, 0) is 25.0 Å². The summed E-state index contributed by atoms with van der Waals surface area (Å²) in [5.41, 5.74) is 0.740. The van der Waals surface area contributed by atoms with Gasteiger partial charge in [0.15, 0.2) is 0 Å². The third-order valence-electron chi connectivity index (χ3n) is 3.97. The minimum absolute atomic E-state index is 0.160. The number of rotatable bonds is 1. The molecule has 1 N–H and O–H groups in total. The predicted molar refractivity (Wildman–Crippen MR) is 74.5 cm³/mol. The van der Waals surface area contributed by atoms with Gasteiger partial charge in [0.25, 0.3) is 0 Å². The van der Waals surface area contributed by atoms with Crippen LogP contribution in [0.1, 0.15) is 12.8 Å². The summed E-state index contributed by atoms with van der Waals surface area (Å²) in [7, 11) is 0. The molecule has 0 radical (unpaired) electrons. The molecule has 5 heteroatoms. The maximum Gasteiger partial charge on any atom is 0.247 e. The van der Waals surface area contributed by atoms with Crippen LogP contribution in [0.15, 0.2) is 30.3 Å². The molecule has 1 aromatic carbocycles. The lowest BCUT2D eigenvalue weighted by Crippen LogP contribution is -2.55. The van der Waals surface area contributed by atoms with Gasteiger partial charge in [0.1, 0.15) is 5.54 Å². The summed E-state index contributed by atoms with van der Waals surface area (Å²) in [6, 6.07) is 10.2. The molecular weight excluding hydrogens is 246 g/mol. The van der Waals surface area contributed by atoms with Crippen LogP contribution in [0.5, 0.6) is 0 Å². The maximum absolute atomic E-state index is 12.2. The number of carbonyl (C=O) groups is 1. The predicted octanol–water partition coefficient (Wildman–Crippen LogP) is 1.26. The molecule has 1 spiro atoms. The molecule has 2 heterocycles. The van der Waals surface area contributed by atoms with Crippen LogP contribution >= 0.6 is 12.8 Å². The second-order valence-electron chi connectivity index (χ2n) is 4.91. The van der Waals surface area contributed by atoms with Gasteiger partial charge in [0.05, 0.1) is 6.67 Å². The molecule has 0 saturated carbocycles. The van der Waals surface area contributed by atoms with Crippen molar-refractivity contribution in [2.45, 2.75) is 18.4 Å². The van der Waals surface area contributed by atoms with Gasteiger partial charge in [0, 0.05) is 18.8 Å². The number of benzene rings is 1. The fourth-order valence-corrected chi connectivity index (χ4v) is 3.10. The Morgan fingerprint density at radius 1 is 1.17 bits per heavy atom. The zero-order valence-corrected chi connectivity index (χ0v) is 11.1. The average Bonchev–Trinajstić information content (AvgIpc) is 2.72. The number of para-hydroxylation sites is 1. The first-order valence-electron chi connectivity index (χ1n) is 6.27. The Bertz CT molecular complexity index is 443. The minimum atomic E-state index is -0.374. The Morgan fingerprint density at radius 2 is 1.83 bits per heavy atom. The molecule has 3 rings (SSSR count). The highest BCUT2D eigenvalue weighted by atomic mass is 32.1. The van der Waals surface area contributed by atoms with Crippen molar-refractivity contribution < 1.29 is 4.79 Å². The number of hydrogen-bond donors (Lipinski definition) is 2. The Kier molecular flexibility index (Phi) is 2.95. The topological polar surface area (TPSA) is 35.6 Å². The normalized spacial score (nSPS) is 23.4. The van der Waals surface area contributed by atoms with E-state index >= 15 is 0 Å². The van der Waals surface area contributed by atoms with Crippen molar-refractivity contribution in [3.63, 3.8) is 0 Å². The smallest absolute Gasteiger partial charge is 0.247 e. The van der Waals surface area contributed by atoms with Gasteiger partial charge >= 0.3 is 0 Å². The average molecular weight is 263 g/mol. The van der Waals surface area contributed by atoms with Gasteiger partial charge in [-0.1, -0.05) is 31.0 Å². The van der Waals surface area contributed by atoms with E-state index in [9.17, 15) is 4.79 Å². The molecule has 0 aromatic heterocycles. The molecule has 1 aromatic rings. The van der Waals surface area contributed by atoms with Crippen LogP contribution in [0.3, 0.4) is 0 Å². The first kappa shape index (κ1) is 11.9. The summed E-state index contributed by atoms with van der Waals surface area (Å²) in [5.74, 6) is 0.160. The van der Waals surface area contributed by atoms with Crippen molar-refractivity contribution in [1.82, 2.24) is 9.62 Å². The van der Waals surface area contributed by atoms with Crippen LogP contribution in [0.4, 0.5) is 5.69 Å². The van der Waals surface area contributed by atoms with Crippen LogP contribution in [-0.4, -0.2) is 35.5 Å². The second kappa shape index (κ2) is 4.48. The Balaban J connectivity index is 1.93. The van der Waals surface area contributed by atoms with Crippen LogP contribution in [0.25, 0.3) is 0 Å². The van der Waals surface area contributed by atoms with E-state index in [-0.39, 0.29) is 11.4 Å². The molecule has 2 fully saturated rings. The minimum Gasteiger partial charge on any atom is -0.339 e. The number of carbonyl (C=O) groups excluding carboxylic acids is 1. The number of thiol groups is 1. The van der Waals surface area contributed by atoms with E-state index in [4.69, 9.17) is 0 Å². The maximum atomic E-state index is 12.2. The van der Waals surface area contributed by atoms with Crippen molar-refractivity contribution in [1.29, 1.82) is 0 Å². The van der Waals surface area contributed by atoms with Crippen LogP contribution in [-0.2, 0) is 4.79 Å². The zero-order chi connectivity index (χ0) is 12.6. The van der Waals surface area contributed by atoms with Crippen molar-refractivity contribution >= 4 is 24.4 Å². The number of anilines is 1. The van der Waals surface area contributed by atoms with Gasteiger partial charge < -0.3 is 10.2 Å². The molecule has 96 valence electrons. The molecule has 2 saturated heterocycles. The third kappa shape index (κ3) is 1.78. The van der Waals surface area contributed by atoms with Crippen LogP contribution < -0.4 is 10.2 Å². The fraction of sp³-hybridized carbons (Fsp3) is 0.462. The molecule has 2 aliphatic rings. The van der Waals surface area contributed by atoms with Gasteiger partial charge in [-0.25, -0.2) is 0 Å². The highest BCUT2D eigenvalue weighted by molar-refractivity contribution is 7.77. The Labute approximate surface area is 112 Å². The van der Waals surface area contributed by atoms with E-state index in [1.807, 2.05) is 22.5 Å². The third-order valence-corrected chi connectivity index (χ3v) is 4.37. The summed E-state index contributed by atoms with van der Waals surface area (Å²) >= 11 is 4.37. The largest absolute Gasteiger partial charge is 0.339 e. The molecule has 2 aliphatic heterocycles. The van der Waals surface area contributed by atoms with Crippen LogP contribution in [0, 0.1) is 0 Å². The fourth-order valence-electron chi connectivity index (χ4n) is 2.90. The Morgan fingerprint density at radius 3 is 2.50 bits per heavy atom. The first-order valence-corrected chi connectivity index (χ1v) is 6.67. The summed E-state index contributed by atoms with van der Waals surface area (Å²) in [4.78, 5) is 14.4. The molecule has 0 bridgehead atoms. The second-order valence-corrected chi connectivity index (χ2v) is 5.48. The van der Waals surface area contributed by atoms with E-state index in [1.54, 1.807) is 0 Å². The first-order chi connectivity index (χ1) is 8.72. The van der Waals surface area contributed by atoms with Gasteiger partial charge in [-0.3, -0.25) is 9.10 Å². The molecule has 0 unspecified atom stereocenters. The van der Waals surface area contributed by atoms with Crippen molar-refractivity contribution in [3.8, 4) is 0 Å². The molecule has 0 atom stereocenters. The monoisotopic (exact) mass is 263 g/mol. The molecule has 18 heavy (non-hydrogen) atoms. The standard InChI is InChI=1S/C13H17N3OS/c17-12-13(6-8-15(18)9-7-13)16(10-14-12)11-4-2-1-3-5-11/h1-5,18H,6-10H2,(H,14,17). The van der Waals surface area contributed by atoms with E-state index < -0.39 is 0 Å². The molecule has 4 nitrogen and oxygen atoms in total. The van der Waals surface area contributed by atoms with Gasteiger partial charge in [-0.15, -0.1) is 0 Å². The summed E-state index contributed by atoms with van der Waals surface area (Å²) in [5, 5.41) is 2.99. The van der Waals surface area contributed by atoms with E-state index in [1.165, 1.54) is 0 Å². The summed E-state index contributed by atoms with van der Waals surface area (Å²) < 4.78 is 1.99. The molecule has 0 aliphatic carbocycles. The lowest BCUT2D eigenvalue weighted by molar-refractivity contribution is -0.124. The number of hydrogen-bond acceptors (Lipinski definition) is 4. The highest BCUT2D eigenvalue weighted by Crippen LogP contribution is 2.36. The van der Waals surface area contributed by atoms with E-state index in [0.717, 1.165) is 31.6 Å². The number of nitrogens with one attached hydrogen (secondary N) is 1. The SMILES string of the molecule is O=C1NCN(c2ccccc2)C12CCN(S)CC2. The molecule has 1 amide bonds. The van der Waals surface area contributed by atoms with E-state index in [0.29, 0.717) is 6.67 Å². The Hall–Kier alpha value is -1.20. The van der Waals surface area contributed by atoms with E-state index in [2.05, 4.69) is 35.2 Å². The zero-order valence-electron chi connectivity index (χ0n) is 10.2. The van der Waals surface area contributed by atoms with Crippen molar-refractivity contribution in [2.24, 2.45) is 0 Å². The quantitative estimate of drug-likeness (QED) is 0.749. The lowest BCUT2D eigenvalue weighted by atomic mass is 9.86. The lowest BCUT2D eigenvalue weighted by Gasteiger charge is -2.41. The summed E-state index contributed by atoms with van der Waals surface area (Å²) in [6.07, 6.45) is 1.66. The van der Waals surface area contributed by atoms with Crippen LogP contribution in [0.2, 0.25) is 0 Å². The van der Waals surface area contributed by atoms with Crippen molar-refractivity contribution in [3.05, 3.63) is 30.3 Å². The van der Waals surface area contributed by atoms with Gasteiger partial charge in [0.2, 0.25) is 5.91 Å².